The van der Waals surface area contributed by atoms with E-state index < -0.39 is 0 Å². The summed E-state index contributed by atoms with van der Waals surface area (Å²) in [6.07, 6.45) is 6.98. The van der Waals surface area contributed by atoms with Gasteiger partial charge < -0.3 is 14.2 Å². The van der Waals surface area contributed by atoms with Crippen molar-refractivity contribution < 1.29 is 25.8 Å². The summed E-state index contributed by atoms with van der Waals surface area (Å²) >= 11 is 0. The van der Waals surface area contributed by atoms with Crippen LogP contribution in [-0.2, 0) is 36.6 Å². The number of aliphatic imine (C=N–C) groups is 1. The van der Waals surface area contributed by atoms with E-state index in [0.29, 0.717) is 18.4 Å². The number of aryl methyl sites for hydroxylation is 1. The van der Waals surface area contributed by atoms with Crippen LogP contribution in [0.4, 0.5) is 17.1 Å². The fraction of sp³-hybridized carbons (Fsp3) is 0.388. The minimum atomic E-state index is -0.282. The van der Waals surface area contributed by atoms with Gasteiger partial charge >= 0.3 is 21.1 Å². The van der Waals surface area contributed by atoms with Crippen LogP contribution in [0, 0.1) is 25.0 Å². The molecule has 0 spiro atoms. The second-order valence-corrected chi connectivity index (χ2v) is 18.2. The number of ether oxygens (including phenoxy) is 1. The molecule has 9 rings (SSSR count). The topological polar surface area (TPSA) is 42.7 Å². The van der Waals surface area contributed by atoms with Crippen LogP contribution in [0.3, 0.4) is 0 Å². The van der Waals surface area contributed by atoms with E-state index >= 15 is 0 Å². The summed E-state index contributed by atoms with van der Waals surface area (Å²) in [6.45, 7) is 21.1. The van der Waals surface area contributed by atoms with Crippen LogP contribution in [0.2, 0.25) is 0 Å². The summed E-state index contributed by atoms with van der Waals surface area (Å²) in [5.41, 5.74) is 12.0. The molecule has 0 radical (unpaired) electrons. The Balaban J connectivity index is 0.00000427. The third kappa shape index (κ3) is 6.17. The summed E-state index contributed by atoms with van der Waals surface area (Å²) < 4.78 is 8.81. The monoisotopic (exact) mass is 907 g/mol. The van der Waals surface area contributed by atoms with Gasteiger partial charge in [-0.3, -0.25) is 4.99 Å². The van der Waals surface area contributed by atoms with E-state index in [1.165, 1.54) is 64.3 Å². The van der Waals surface area contributed by atoms with Gasteiger partial charge in [0.05, 0.1) is 5.54 Å². The van der Waals surface area contributed by atoms with Crippen LogP contribution in [0.25, 0.3) is 27.6 Å². The van der Waals surface area contributed by atoms with Crippen molar-refractivity contribution in [2.24, 2.45) is 10.9 Å². The van der Waals surface area contributed by atoms with E-state index in [0.717, 1.165) is 45.4 Å². The summed E-state index contributed by atoms with van der Waals surface area (Å²) in [5.74, 6) is 2.49. The third-order valence-corrected chi connectivity index (χ3v) is 12.6. The van der Waals surface area contributed by atoms with Crippen molar-refractivity contribution in [3.05, 3.63) is 125 Å². The van der Waals surface area contributed by atoms with Gasteiger partial charge in [0.1, 0.15) is 18.3 Å². The van der Waals surface area contributed by atoms with Crippen molar-refractivity contribution in [2.75, 3.05) is 11.5 Å². The quantitative estimate of drug-likeness (QED) is 0.162. The average Bonchev–Trinajstić information content (AvgIpc) is 3.90. The Hall–Kier alpha value is -4.21. The molecule has 1 saturated carbocycles. The zero-order valence-electron chi connectivity index (χ0n) is 33.7. The molecule has 1 fully saturated rings. The maximum atomic E-state index is 6.50. The number of fused-ring (bicyclic) bond motifs is 5. The fourth-order valence-corrected chi connectivity index (χ4v) is 9.25. The molecule has 2 aromatic heterocycles. The molecule has 6 aromatic rings. The largest absolute Gasteiger partial charge is 2.00 e. The van der Waals surface area contributed by atoms with Crippen molar-refractivity contribution >= 4 is 44.8 Å². The smallest absolute Gasteiger partial charge is 0.518 e. The number of nitrogens with zero attached hydrogens (tertiary/aromatic N) is 4. The molecular weight excluding hydrogens is 856 g/mol. The van der Waals surface area contributed by atoms with Crippen LogP contribution in [0.5, 0.6) is 0 Å². The molecule has 4 aromatic carbocycles. The van der Waals surface area contributed by atoms with E-state index in [2.05, 4.69) is 157 Å². The summed E-state index contributed by atoms with van der Waals surface area (Å²) in [6, 6.07) is 34.9. The number of hydrogen-bond donors (Lipinski definition) is 0. The Kier molecular flexibility index (Phi) is 9.24. The minimum Gasteiger partial charge on any atom is -0.518 e. The number of rotatable bonds is 5. The van der Waals surface area contributed by atoms with Crippen LogP contribution < -0.4 is 4.90 Å². The van der Waals surface area contributed by atoms with E-state index in [9.17, 15) is 0 Å². The van der Waals surface area contributed by atoms with Gasteiger partial charge in [-0.2, -0.15) is 6.07 Å². The Labute approximate surface area is 341 Å². The van der Waals surface area contributed by atoms with Crippen molar-refractivity contribution in [3.63, 3.8) is 0 Å². The maximum absolute atomic E-state index is 6.50. The maximum Gasteiger partial charge on any atom is 2.00 e. The van der Waals surface area contributed by atoms with Crippen LogP contribution >= 0.6 is 0 Å². The molecule has 3 aliphatic rings. The Bertz CT molecular complexity index is 2500. The first-order valence-corrected chi connectivity index (χ1v) is 19.9. The van der Waals surface area contributed by atoms with Crippen LogP contribution in [0.15, 0.2) is 84.0 Å². The molecule has 2 aliphatic heterocycles. The van der Waals surface area contributed by atoms with Crippen molar-refractivity contribution in [1.82, 2.24) is 9.55 Å². The van der Waals surface area contributed by atoms with Crippen molar-refractivity contribution in [3.8, 4) is 5.82 Å². The van der Waals surface area contributed by atoms with E-state index in [1.807, 2.05) is 6.20 Å². The number of pyridine rings is 1. The third-order valence-electron chi connectivity index (χ3n) is 12.6. The second-order valence-electron chi connectivity index (χ2n) is 18.2. The summed E-state index contributed by atoms with van der Waals surface area (Å²) in [7, 11) is 0. The van der Waals surface area contributed by atoms with Crippen LogP contribution in [-0.4, -0.2) is 27.6 Å². The van der Waals surface area contributed by atoms with E-state index in [1.54, 1.807) is 0 Å². The van der Waals surface area contributed by atoms with Gasteiger partial charge in [-0.15, -0.1) is 40.8 Å². The second kappa shape index (κ2) is 13.5. The predicted molar refractivity (Wildman–Crippen MR) is 223 cm³/mol. The van der Waals surface area contributed by atoms with Gasteiger partial charge in [0.25, 0.3) is 0 Å². The predicted octanol–water partition coefficient (Wildman–Crippen LogP) is 12.3. The van der Waals surface area contributed by atoms with E-state index in [-0.39, 0.29) is 37.4 Å². The molecule has 284 valence electrons. The minimum absolute atomic E-state index is 0. The van der Waals surface area contributed by atoms with Crippen molar-refractivity contribution in [2.45, 2.75) is 110 Å². The molecule has 5 nitrogen and oxygen atoms in total. The molecule has 0 saturated heterocycles. The molecule has 0 N–H and O–H groups in total. The summed E-state index contributed by atoms with van der Waals surface area (Å²) in [5, 5.41) is 2.40. The molecule has 4 heterocycles. The van der Waals surface area contributed by atoms with E-state index in [4.69, 9.17) is 14.7 Å². The molecule has 6 heteroatoms. The Morgan fingerprint density at radius 2 is 1.64 bits per heavy atom. The van der Waals surface area contributed by atoms with Crippen LogP contribution in [0.1, 0.15) is 120 Å². The number of anilines is 3. The molecule has 1 atom stereocenters. The molecule has 0 bridgehead atoms. The van der Waals surface area contributed by atoms with Gasteiger partial charge in [-0.05, 0) is 95.8 Å². The molecule has 0 amide bonds. The average molecular weight is 908 g/mol. The Morgan fingerprint density at radius 1 is 0.873 bits per heavy atom. The van der Waals surface area contributed by atoms with Gasteiger partial charge in [0.2, 0.25) is 0 Å². The zero-order chi connectivity index (χ0) is 37.7. The molecular formula is C49H52N4OPt. The molecule has 1 aliphatic carbocycles. The first-order valence-electron chi connectivity index (χ1n) is 19.9. The van der Waals surface area contributed by atoms with Gasteiger partial charge in [-0.25, -0.2) is 4.98 Å². The van der Waals surface area contributed by atoms with Gasteiger partial charge in [0, 0.05) is 17.4 Å². The number of aromatic nitrogens is 2. The number of benzene rings is 4. The normalized spacial score (nSPS) is 19.4. The SMILES string of the molecule is Cc1ccc2c(c1)c1cc3c([c-]c1n2-c1cc(C(C)(C)C)ccn1)N(c1[c-]c(C2=N[C@](C)(C4CCCC4)CO2)cc(C(C)C)c1)c1ccccc1C3(C)C.[Pt+2]. The van der Waals surface area contributed by atoms with Gasteiger partial charge in [-0.1, -0.05) is 114 Å². The van der Waals surface area contributed by atoms with Gasteiger partial charge in [0.15, 0.2) is 0 Å². The standard InChI is InChI=1S/C49H52N4O.Pt/c1-30(2)32-23-33(46-51-49(9,29-54-46)34-14-10-11-15-34)25-36(24-32)52-42-17-13-12-16-39(42)48(7,8)40-27-38-37-22-31(3)18-19-41(37)53(43(38)28-44(40)52)45-26-35(20-21-50-45)47(4,5)6;/h12-13,16-24,26-27,30,34H,10-11,14-15,29H2,1-9H3;/q-2;+2/t49-;/m0./s1. The first kappa shape index (κ1) is 37.7. The number of para-hydroxylation sites is 1. The molecule has 55 heavy (non-hydrogen) atoms. The number of hydrogen-bond acceptors (Lipinski definition) is 4. The van der Waals surface area contributed by atoms with Crippen molar-refractivity contribution in [1.29, 1.82) is 0 Å². The zero-order valence-corrected chi connectivity index (χ0v) is 36.0. The molecule has 0 unspecified atom stereocenters. The summed E-state index contributed by atoms with van der Waals surface area (Å²) in [4.78, 5) is 12.7. The Morgan fingerprint density at radius 3 is 2.38 bits per heavy atom. The first-order chi connectivity index (χ1) is 25.7. The fourth-order valence-electron chi connectivity index (χ4n) is 9.25.